The third kappa shape index (κ3) is 4.16. The van der Waals surface area contributed by atoms with Crippen molar-refractivity contribution in [3.8, 4) is 0 Å². The number of hydrogen-bond donors (Lipinski definition) is 2. The van der Waals surface area contributed by atoms with E-state index in [-0.39, 0.29) is 18.7 Å². The fraction of sp³-hybridized carbons (Fsp3) is 0.375. The molecule has 3 amide bonds. The molecule has 1 aromatic carbocycles. The first-order valence-electron chi connectivity index (χ1n) is 7.24. The van der Waals surface area contributed by atoms with Gasteiger partial charge in [-0.3, -0.25) is 24.7 Å². The van der Waals surface area contributed by atoms with Crippen molar-refractivity contribution in [1.29, 1.82) is 0 Å². The number of nitrogens with zero attached hydrogens (tertiary/aromatic N) is 1. The Kier molecular flexibility index (Phi) is 5.15. The van der Waals surface area contributed by atoms with Gasteiger partial charge >= 0.3 is 0 Å². The molecular formula is C16H18ClN3O3. The first-order valence-corrected chi connectivity index (χ1v) is 7.62. The summed E-state index contributed by atoms with van der Waals surface area (Å²) in [4.78, 5) is 39.9. The van der Waals surface area contributed by atoms with Gasteiger partial charge in [-0.1, -0.05) is 11.6 Å². The van der Waals surface area contributed by atoms with Crippen LogP contribution in [0.5, 0.6) is 0 Å². The van der Waals surface area contributed by atoms with E-state index in [1.165, 1.54) is 6.07 Å². The average Bonchev–Trinajstić information content (AvgIpc) is 2.44. The van der Waals surface area contributed by atoms with Crippen LogP contribution in [0.2, 0.25) is 5.02 Å². The summed E-state index contributed by atoms with van der Waals surface area (Å²) in [7, 11) is 0. The van der Waals surface area contributed by atoms with Crippen LogP contribution in [0.1, 0.15) is 42.6 Å². The Hall–Kier alpha value is -2.21. The molecule has 23 heavy (non-hydrogen) atoms. The zero-order valence-electron chi connectivity index (χ0n) is 13.2. The van der Waals surface area contributed by atoms with Crippen LogP contribution >= 0.6 is 11.6 Å². The number of carbonyl (C=O) groups excluding carboxylic acids is 3. The van der Waals surface area contributed by atoms with Crippen LogP contribution in [-0.2, 0) is 9.59 Å². The van der Waals surface area contributed by atoms with Crippen LogP contribution < -0.4 is 10.6 Å². The van der Waals surface area contributed by atoms with Gasteiger partial charge in [-0.15, -0.1) is 0 Å². The molecule has 6 nitrogen and oxygen atoms in total. The molecule has 1 heterocycles. The van der Waals surface area contributed by atoms with E-state index >= 15 is 0 Å². The first-order chi connectivity index (χ1) is 10.8. The van der Waals surface area contributed by atoms with E-state index in [0.717, 1.165) is 11.3 Å². The van der Waals surface area contributed by atoms with E-state index in [0.29, 0.717) is 16.3 Å². The van der Waals surface area contributed by atoms with Gasteiger partial charge in [0.2, 0.25) is 11.8 Å². The standard InChI is InChI=1S/C16H18ClN3O3/c1-8(2)18-14-9(3)6-10(17)7-11(14)15(22)19-12-4-5-13(21)20-16(12)23/h6-7,12H,4-5H2,1-3H3,(H,19,22)(H,20,21,23). The second kappa shape index (κ2) is 6.91. The van der Waals surface area contributed by atoms with Crippen LogP contribution in [0.25, 0.3) is 0 Å². The molecule has 1 atom stereocenters. The maximum atomic E-state index is 12.5. The van der Waals surface area contributed by atoms with Gasteiger partial charge in [0.05, 0.1) is 11.3 Å². The number of aryl methyl sites for hydroxylation is 1. The molecular weight excluding hydrogens is 318 g/mol. The van der Waals surface area contributed by atoms with E-state index in [4.69, 9.17) is 11.6 Å². The monoisotopic (exact) mass is 335 g/mol. The van der Waals surface area contributed by atoms with Gasteiger partial charge in [0.15, 0.2) is 0 Å². The number of aliphatic imine (C=N–C) groups is 1. The van der Waals surface area contributed by atoms with Crippen molar-refractivity contribution in [2.75, 3.05) is 0 Å². The van der Waals surface area contributed by atoms with Gasteiger partial charge in [0, 0.05) is 17.2 Å². The van der Waals surface area contributed by atoms with E-state index in [2.05, 4.69) is 15.6 Å². The highest BCUT2D eigenvalue weighted by Crippen LogP contribution is 2.28. The van der Waals surface area contributed by atoms with Crippen LogP contribution in [0.4, 0.5) is 5.69 Å². The van der Waals surface area contributed by atoms with Gasteiger partial charge in [0.1, 0.15) is 6.04 Å². The SMILES string of the molecule is CC(C)=Nc1c(C)cc(Cl)cc1C(=O)NC1CCC(=O)NC1=O. The summed E-state index contributed by atoms with van der Waals surface area (Å²) in [5.74, 6) is -1.26. The molecule has 2 rings (SSSR count). The number of hydrogen-bond acceptors (Lipinski definition) is 4. The fourth-order valence-electron chi connectivity index (χ4n) is 2.35. The van der Waals surface area contributed by atoms with Crippen molar-refractivity contribution >= 4 is 40.7 Å². The number of nitrogens with one attached hydrogen (secondary N) is 2. The number of amides is 3. The van der Waals surface area contributed by atoms with Crippen LogP contribution in [0.15, 0.2) is 17.1 Å². The number of halogens is 1. The Morgan fingerprint density at radius 3 is 2.65 bits per heavy atom. The number of benzene rings is 1. The number of rotatable bonds is 3. The van der Waals surface area contributed by atoms with Crippen molar-refractivity contribution in [3.63, 3.8) is 0 Å². The largest absolute Gasteiger partial charge is 0.340 e. The Bertz CT molecular complexity index is 709. The lowest BCUT2D eigenvalue weighted by molar-refractivity contribution is -0.134. The molecule has 1 aliphatic rings. The lowest BCUT2D eigenvalue weighted by Gasteiger charge is -2.22. The second-order valence-corrected chi connectivity index (χ2v) is 6.09. The van der Waals surface area contributed by atoms with E-state index in [1.807, 2.05) is 20.8 Å². The predicted octanol–water partition coefficient (Wildman–Crippen LogP) is 2.30. The smallest absolute Gasteiger partial charge is 0.254 e. The molecule has 0 spiro atoms. The molecule has 0 bridgehead atoms. The molecule has 0 aromatic heterocycles. The van der Waals surface area contributed by atoms with Crippen molar-refractivity contribution in [2.45, 2.75) is 39.7 Å². The van der Waals surface area contributed by atoms with Crippen molar-refractivity contribution < 1.29 is 14.4 Å². The van der Waals surface area contributed by atoms with Crippen molar-refractivity contribution in [3.05, 3.63) is 28.3 Å². The molecule has 1 saturated heterocycles. The average molecular weight is 336 g/mol. The van der Waals surface area contributed by atoms with Gasteiger partial charge in [-0.25, -0.2) is 0 Å². The van der Waals surface area contributed by atoms with Gasteiger partial charge in [0.25, 0.3) is 5.91 Å². The summed E-state index contributed by atoms with van der Waals surface area (Å²) in [6.45, 7) is 5.47. The summed E-state index contributed by atoms with van der Waals surface area (Å²) in [5, 5.41) is 5.27. The zero-order valence-corrected chi connectivity index (χ0v) is 14.0. The number of carbonyl (C=O) groups is 3. The zero-order chi connectivity index (χ0) is 17.1. The molecule has 0 saturated carbocycles. The predicted molar refractivity (Wildman–Crippen MR) is 88.3 cm³/mol. The van der Waals surface area contributed by atoms with E-state index in [9.17, 15) is 14.4 Å². The maximum absolute atomic E-state index is 12.5. The third-order valence-electron chi connectivity index (χ3n) is 3.39. The Morgan fingerprint density at radius 2 is 2.04 bits per heavy atom. The van der Waals surface area contributed by atoms with Crippen molar-refractivity contribution in [2.24, 2.45) is 4.99 Å². The molecule has 1 aromatic rings. The first kappa shape index (κ1) is 17.1. The lowest BCUT2D eigenvalue weighted by atomic mass is 10.0. The van der Waals surface area contributed by atoms with Crippen LogP contribution in [0.3, 0.4) is 0 Å². The quantitative estimate of drug-likeness (QED) is 0.656. The van der Waals surface area contributed by atoms with Gasteiger partial charge < -0.3 is 5.32 Å². The molecule has 122 valence electrons. The van der Waals surface area contributed by atoms with Gasteiger partial charge in [-0.05, 0) is 44.9 Å². The highest BCUT2D eigenvalue weighted by atomic mass is 35.5. The van der Waals surface area contributed by atoms with Crippen LogP contribution in [-0.4, -0.2) is 29.5 Å². The molecule has 2 N–H and O–H groups in total. The fourth-order valence-corrected chi connectivity index (χ4v) is 2.62. The molecule has 0 radical (unpaired) electrons. The number of imide groups is 1. The minimum atomic E-state index is -0.737. The summed E-state index contributed by atoms with van der Waals surface area (Å²) >= 11 is 6.04. The summed E-state index contributed by atoms with van der Waals surface area (Å²) in [6.07, 6.45) is 0.478. The molecule has 7 heteroatoms. The molecule has 0 aliphatic carbocycles. The Labute approximate surface area is 139 Å². The minimum absolute atomic E-state index is 0.199. The summed E-state index contributed by atoms with van der Waals surface area (Å²) in [5.41, 5.74) is 2.40. The summed E-state index contributed by atoms with van der Waals surface area (Å²) in [6, 6.07) is 2.52. The number of piperidine rings is 1. The second-order valence-electron chi connectivity index (χ2n) is 5.66. The van der Waals surface area contributed by atoms with E-state index in [1.54, 1.807) is 6.07 Å². The molecule has 1 aliphatic heterocycles. The minimum Gasteiger partial charge on any atom is -0.340 e. The topological polar surface area (TPSA) is 87.6 Å². The molecule has 1 fully saturated rings. The maximum Gasteiger partial charge on any atom is 0.254 e. The molecule has 1 unspecified atom stereocenters. The normalized spacial score (nSPS) is 17.5. The summed E-state index contributed by atoms with van der Waals surface area (Å²) < 4.78 is 0. The Balaban J connectivity index is 2.30. The van der Waals surface area contributed by atoms with Gasteiger partial charge in [-0.2, -0.15) is 0 Å². The highest BCUT2D eigenvalue weighted by molar-refractivity contribution is 6.31. The van der Waals surface area contributed by atoms with E-state index < -0.39 is 17.9 Å². The Morgan fingerprint density at radius 1 is 1.35 bits per heavy atom. The van der Waals surface area contributed by atoms with Crippen LogP contribution in [0, 0.1) is 6.92 Å². The third-order valence-corrected chi connectivity index (χ3v) is 3.61. The highest BCUT2D eigenvalue weighted by Gasteiger charge is 2.29. The van der Waals surface area contributed by atoms with Crippen molar-refractivity contribution in [1.82, 2.24) is 10.6 Å². The lowest BCUT2D eigenvalue weighted by Crippen LogP contribution is -2.52.